The molecule has 0 bridgehead atoms. The number of hydrogen-bond acceptors (Lipinski definition) is 5. The van der Waals surface area contributed by atoms with Crippen molar-refractivity contribution in [2.45, 2.75) is 27.1 Å². The Balaban J connectivity index is 1.67. The van der Waals surface area contributed by atoms with Crippen molar-refractivity contribution in [1.29, 1.82) is 0 Å². The highest BCUT2D eigenvalue weighted by Crippen LogP contribution is 2.28. The Bertz CT molecular complexity index is 978. The van der Waals surface area contributed by atoms with Gasteiger partial charge in [0.2, 0.25) is 0 Å². The van der Waals surface area contributed by atoms with Crippen molar-refractivity contribution in [3.8, 4) is 23.0 Å². The minimum Gasteiger partial charge on any atom is -0.494 e. The number of hydrogen-bond donors (Lipinski definition) is 1. The summed E-state index contributed by atoms with van der Waals surface area (Å²) in [5.41, 5.74) is 2.96. The summed E-state index contributed by atoms with van der Waals surface area (Å²) >= 11 is 0. The second-order valence-electron chi connectivity index (χ2n) is 7.02. The van der Waals surface area contributed by atoms with Gasteiger partial charge in [0.05, 0.1) is 19.8 Å². The van der Waals surface area contributed by atoms with Crippen molar-refractivity contribution < 1.29 is 24.1 Å². The van der Waals surface area contributed by atoms with Crippen LogP contribution < -0.4 is 18.9 Å². The predicted octanol–water partition coefficient (Wildman–Crippen LogP) is 5.65. The van der Waals surface area contributed by atoms with Gasteiger partial charge in [-0.05, 0) is 61.4 Å². The molecule has 0 aliphatic rings. The number of ether oxygens (including phenoxy) is 4. The van der Waals surface area contributed by atoms with E-state index in [0.29, 0.717) is 37.9 Å². The van der Waals surface area contributed by atoms with Gasteiger partial charge in [-0.3, -0.25) is 0 Å². The molecular weight excluding hydrogens is 404 g/mol. The third-order valence-corrected chi connectivity index (χ3v) is 4.66. The molecule has 3 aromatic rings. The molecule has 0 aromatic heterocycles. The van der Waals surface area contributed by atoms with Gasteiger partial charge in [-0.2, -0.15) is 0 Å². The molecule has 3 aromatic carbocycles. The van der Waals surface area contributed by atoms with Gasteiger partial charge in [-0.15, -0.1) is 0 Å². The molecule has 0 unspecified atom stereocenters. The van der Waals surface area contributed by atoms with Gasteiger partial charge in [0.15, 0.2) is 0 Å². The molecule has 0 saturated heterocycles. The molecule has 5 nitrogen and oxygen atoms in total. The molecule has 0 saturated carbocycles. The van der Waals surface area contributed by atoms with E-state index in [9.17, 15) is 0 Å². The summed E-state index contributed by atoms with van der Waals surface area (Å²) in [7, 11) is 0. The monoisotopic (exact) mass is 434 g/mol. The summed E-state index contributed by atoms with van der Waals surface area (Å²) in [6.45, 7) is 6.03. The molecule has 0 amide bonds. The van der Waals surface area contributed by atoms with Crippen LogP contribution in [0.15, 0.2) is 72.8 Å². The molecular formula is C27H30O5. The lowest BCUT2D eigenvalue weighted by molar-refractivity contribution is 0.289. The second kappa shape index (κ2) is 12.4. The van der Waals surface area contributed by atoms with Crippen LogP contribution in [0, 0.1) is 0 Å². The second-order valence-corrected chi connectivity index (χ2v) is 7.02. The van der Waals surface area contributed by atoms with E-state index >= 15 is 0 Å². The molecule has 0 fully saturated rings. The zero-order valence-corrected chi connectivity index (χ0v) is 18.6. The lowest BCUT2D eigenvalue weighted by Gasteiger charge is -2.13. The minimum absolute atomic E-state index is 0.0334. The van der Waals surface area contributed by atoms with E-state index in [1.54, 1.807) is 6.08 Å². The van der Waals surface area contributed by atoms with Gasteiger partial charge >= 0.3 is 0 Å². The van der Waals surface area contributed by atoms with Gasteiger partial charge in [-0.1, -0.05) is 36.4 Å². The topological polar surface area (TPSA) is 57.2 Å². The summed E-state index contributed by atoms with van der Waals surface area (Å²) in [6.07, 6.45) is 3.52. The van der Waals surface area contributed by atoms with Crippen LogP contribution in [0.2, 0.25) is 0 Å². The Morgan fingerprint density at radius 2 is 1.19 bits per heavy atom. The lowest BCUT2D eigenvalue weighted by Crippen LogP contribution is -2.00. The lowest BCUT2D eigenvalue weighted by atomic mass is 10.1. The summed E-state index contributed by atoms with van der Waals surface area (Å²) in [4.78, 5) is 0. The molecule has 1 N–H and O–H groups in total. The van der Waals surface area contributed by atoms with Crippen molar-refractivity contribution in [1.82, 2.24) is 0 Å². The van der Waals surface area contributed by atoms with Crippen LogP contribution in [0.5, 0.6) is 23.0 Å². The van der Waals surface area contributed by atoms with Crippen molar-refractivity contribution in [3.05, 3.63) is 89.5 Å². The van der Waals surface area contributed by atoms with E-state index in [0.717, 1.165) is 28.2 Å². The Labute approximate surface area is 189 Å². The largest absolute Gasteiger partial charge is 0.494 e. The van der Waals surface area contributed by atoms with Crippen molar-refractivity contribution in [2.24, 2.45) is 0 Å². The predicted molar refractivity (Wildman–Crippen MR) is 126 cm³/mol. The van der Waals surface area contributed by atoms with Crippen LogP contribution in [0.3, 0.4) is 0 Å². The van der Waals surface area contributed by atoms with E-state index in [1.807, 2.05) is 86.7 Å². The standard InChI is InChI=1S/C27H30O5/c1-3-29-24-12-7-21(8-13-24)19-31-26-16-11-23(6-5-17-28)27(18-26)32-20-22-9-14-25(15-10-22)30-4-2/h5-16,18,28H,3-4,17,19-20H2,1-2H3/b6-5+. The fourth-order valence-electron chi connectivity index (χ4n) is 3.07. The van der Waals surface area contributed by atoms with Crippen molar-refractivity contribution >= 4 is 6.08 Å². The smallest absolute Gasteiger partial charge is 0.130 e. The quantitative estimate of drug-likeness (QED) is 0.399. The number of aliphatic hydroxyl groups is 1. The highest BCUT2D eigenvalue weighted by Gasteiger charge is 2.06. The maximum Gasteiger partial charge on any atom is 0.130 e. The molecule has 0 atom stereocenters. The molecule has 5 heteroatoms. The summed E-state index contributed by atoms with van der Waals surface area (Å²) < 4.78 is 23.0. The molecule has 32 heavy (non-hydrogen) atoms. The summed E-state index contributed by atoms with van der Waals surface area (Å²) in [5.74, 6) is 3.09. The first kappa shape index (κ1) is 23.2. The Morgan fingerprint density at radius 3 is 1.72 bits per heavy atom. The fourth-order valence-corrected chi connectivity index (χ4v) is 3.07. The third-order valence-electron chi connectivity index (χ3n) is 4.66. The molecule has 0 heterocycles. The molecule has 0 aliphatic carbocycles. The summed E-state index contributed by atoms with van der Waals surface area (Å²) in [5, 5.41) is 9.14. The van der Waals surface area contributed by atoms with Gasteiger partial charge in [-0.25, -0.2) is 0 Å². The first-order valence-electron chi connectivity index (χ1n) is 10.8. The van der Waals surface area contributed by atoms with E-state index < -0.39 is 0 Å². The summed E-state index contributed by atoms with van der Waals surface area (Å²) in [6, 6.07) is 21.4. The molecule has 0 radical (unpaired) electrons. The van der Waals surface area contributed by atoms with E-state index in [2.05, 4.69) is 0 Å². The van der Waals surface area contributed by atoms with E-state index in [-0.39, 0.29) is 6.61 Å². The van der Waals surface area contributed by atoms with Crippen LogP contribution in [0.4, 0.5) is 0 Å². The average molecular weight is 435 g/mol. The van der Waals surface area contributed by atoms with Crippen LogP contribution in [-0.4, -0.2) is 24.9 Å². The van der Waals surface area contributed by atoms with Crippen LogP contribution in [0.1, 0.15) is 30.5 Å². The van der Waals surface area contributed by atoms with Crippen LogP contribution in [0.25, 0.3) is 6.08 Å². The highest BCUT2D eigenvalue weighted by atomic mass is 16.5. The van der Waals surface area contributed by atoms with Crippen LogP contribution in [-0.2, 0) is 13.2 Å². The van der Waals surface area contributed by atoms with Gasteiger partial charge < -0.3 is 24.1 Å². The maximum absolute atomic E-state index is 9.14. The fraction of sp³-hybridized carbons (Fsp3) is 0.259. The Hall–Kier alpha value is -3.44. The molecule has 3 rings (SSSR count). The normalized spacial score (nSPS) is 10.8. The molecule has 0 aliphatic heterocycles. The maximum atomic E-state index is 9.14. The van der Waals surface area contributed by atoms with Crippen molar-refractivity contribution in [3.63, 3.8) is 0 Å². The van der Waals surface area contributed by atoms with Crippen LogP contribution >= 0.6 is 0 Å². The Kier molecular flexibility index (Phi) is 9.02. The SMILES string of the molecule is CCOc1ccc(COc2ccc(/C=C/CO)c(OCc3ccc(OCC)cc3)c2)cc1. The van der Waals surface area contributed by atoms with Gasteiger partial charge in [0.1, 0.15) is 36.2 Å². The number of rotatable bonds is 12. The number of aliphatic hydroxyl groups excluding tert-OH is 1. The van der Waals surface area contributed by atoms with E-state index in [1.165, 1.54) is 0 Å². The van der Waals surface area contributed by atoms with Gasteiger partial charge in [0, 0.05) is 11.6 Å². The molecule has 168 valence electrons. The zero-order chi connectivity index (χ0) is 22.6. The zero-order valence-electron chi connectivity index (χ0n) is 18.6. The first-order valence-corrected chi connectivity index (χ1v) is 10.8. The minimum atomic E-state index is -0.0334. The first-order chi connectivity index (χ1) is 15.7. The molecule has 0 spiro atoms. The van der Waals surface area contributed by atoms with Crippen molar-refractivity contribution in [2.75, 3.05) is 19.8 Å². The third kappa shape index (κ3) is 7.06. The highest BCUT2D eigenvalue weighted by molar-refractivity contribution is 5.59. The number of benzene rings is 3. The average Bonchev–Trinajstić information content (AvgIpc) is 2.83. The van der Waals surface area contributed by atoms with E-state index in [4.69, 9.17) is 24.1 Å². The Morgan fingerprint density at radius 1 is 0.656 bits per heavy atom. The van der Waals surface area contributed by atoms with Gasteiger partial charge in [0.25, 0.3) is 0 Å².